The zero-order valence-corrected chi connectivity index (χ0v) is 20.1. The lowest BCUT2D eigenvalue weighted by Gasteiger charge is -2.35. The zero-order chi connectivity index (χ0) is 24.2. The number of hydrogen-bond acceptors (Lipinski definition) is 4. The Morgan fingerprint density at radius 1 is 1.26 bits per heavy atom. The molecule has 1 aromatic heterocycles. The first kappa shape index (κ1) is 24.3. The summed E-state index contributed by atoms with van der Waals surface area (Å²) >= 11 is 0. The van der Waals surface area contributed by atoms with E-state index in [1.165, 1.54) is 13.0 Å². The average Bonchev–Trinajstić information content (AvgIpc) is 3.26. The van der Waals surface area contributed by atoms with Crippen LogP contribution in [0.3, 0.4) is 0 Å². The molecule has 1 fully saturated rings. The molecule has 5 nitrogen and oxygen atoms in total. The molecular weight excluding hydrogens is 436 g/mol. The average molecular weight is 470 g/mol. The van der Waals surface area contributed by atoms with Crippen LogP contribution in [0.15, 0.2) is 52.1 Å². The van der Waals surface area contributed by atoms with Crippen LogP contribution in [0.2, 0.25) is 0 Å². The van der Waals surface area contributed by atoms with Crippen LogP contribution in [0.1, 0.15) is 56.4 Å². The molecular formula is C27H33F2N3O2. The van der Waals surface area contributed by atoms with Crippen LogP contribution in [0.25, 0.3) is 11.3 Å². The third kappa shape index (κ3) is 4.99. The summed E-state index contributed by atoms with van der Waals surface area (Å²) in [7, 11) is 0. The van der Waals surface area contributed by atoms with E-state index in [-0.39, 0.29) is 17.7 Å². The van der Waals surface area contributed by atoms with Crippen molar-refractivity contribution in [3.63, 3.8) is 0 Å². The van der Waals surface area contributed by atoms with Gasteiger partial charge in [0, 0.05) is 43.0 Å². The maximum Gasteiger partial charge on any atom is 0.216 e. The Morgan fingerprint density at radius 2 is 2.06 bits per heavy atom. The first-order chi connectivity index (χ1) is 16.4. The van der Waals surface area contributed by atoms with Crippen molar-refractivity contribution in [3.8, 4) is 11.3 Å². The lowest BCUT2D eigenvalue weighted by Crippen LogP contribution is -2.37. The monoisotopic (exact) mass is 469 g/mol. The van der Waals surface area contributed by atoms with E-state index in [1.807, 2.05) is 24.3 Å². The van der Waals surface area contributed by atoms with Crippen molar-refractivity contribution in [3.05, 3.63) is 64.4 Å². The van der Waals surface area contributed by atoms with E-state index in [9.17, 15) is 13.6 Å². The van der Waals surface area contributed by atoms with Crippen LogP contribution in [0.5, 0.6) is 0 Å². The van der Waals surface area contributed by atoms with Crippen molar-refractivity contribution < 1.29 is 18.1 Å². The molecule has 4 rings (SSSR count). The molecule has 0 spiro atoms. The van der Waals surface area contributed by atoms with Gasteiger partial charge in [0.25, 0.3) is 0 Å². The number of halogens is 2. The number of rotatable bonds is 7. The lowest BCUT2D eigenvalue weighted by atomic mass is 9.74. The molecule has 2 heterocycles. The largest absolute Gasteiger partial charge is 0.356 e. The number of carbonyl (C=O) groups is 1. The highest BCUT2D eigenvalue weighted by Gasteiger charge is 2.36. The summed E-state index contributed by atoms with van der Waals surface area (Å²) in [6.07, 6.45) is 4.21. The molecule has 1 saturated heterocycles. The van der Waals surface area contributed by atoms with Gasteiger partial charge in [-0.25, -0.2) is 8.78 Å². The maximum atomic E-state index is 14.3. The lowest BCUT2D eigenvalue weighted by molar-refractivity contribution is -0.118. The molecule has 0 radical (unpaired) electrons. The highest BCUT2D eigenvalue weighted by atomic mass is 19.2. The zero-order valence-electron chi connectivity index (χ0n) is 20.1. The van der Waals surface area contributed by atoms with Gasteiger partial charge in [-0.05, 0) is 49.8 Å². The fourth-order valence-electron chi connectivity index (χ4n) is 5.32. The summed E-state index contributed by atoms with van der Waals surface area (Å²) < 4.78 is 34.3. The molecule has 2 aromatic rings. The van der Waals surface area contributed by atoms with Crippen LogP contribution in [0.4, 0.5) is 8.78 Å². The van der Waals surface area contributed by atoms with Gasteiger partial charge < -0.3 is 15.2 Å². The number of hydrogen-bond donors (Lipinski definition) is 2. The van der Waals surface area contributed by atoms with Gasteiger partial charge in [0.1, 0.15) is 5.83 Å². The molecule has 2 aliphatic rings. The molecule has 1 amide bonds. The Hall–Kier alpha value is -2.80. The molecule has 1 aromatic carbocycles. The Balaban J connectivity index is 1.67. The van der Waals surface area contributed by atoms with Crippen molar-refractivity contribution in [2.45, 2.75) is 52.4 Å². The topological polar surface area (TPSA) is 67.2 Å². The highest BCUT2D eigenvalue weighted by molar-refractivity contribution is 5.73. The van der Waals surface area contributed by atoms with Gasteiger partial charge in [-0.3, -0.25) is 4.79 Å². The number of benzene rings is 1. The number of piperidine rings is 1. The van der Waals surface area contributed by atoms with Crippen molar-refractivity contribution in [1.82, 2.24) is 15.8 Å². The van der Waals surface area contributed by atoms with E-state index >= 15 is 0 Å². The van der Waals surface area contributed by atoms with Gasteiger partial charge in [-0.15, -0.1) is 0 Å². The smallest absolute Gasteiger partial charge is 0.216 e. The SMILES string of the molecule is CCc1c(C2CNCCC2C2=CC(F)=C(F)C(C)C2)noc1-c1ccccc1CCNC(C)=O. The predicted molar refractivity (Wildman–Crippen MR) is 129 cm³/mol. The van der Waals surface area contributed by atoms with Gasteiger partial charge in [0.2, 0.25) is 5.91 Å². The summed E-state index contributed by atoms with van der Waals surface area (Å²) in [6, 6.07) is 8.02. The molecule has 7 heteroatoms. The first-order valence-electron chi connectivity index (χ1n) is 12.2. The third-order valence-corrected chi connectivity index (χ3v) is 7.03. The normalized spacial score (nSPS) is 23.1. The number of amides is 1. The standard InChI is InChI=1S/C27H33F2N3O2/c1-4-20-26(23-15-30-11-10-21(23)19-13-16(2)25(29)24(28)14-19)32-34-27(20)22-8-6-5-7-18(22)9-12-31-17(3)33/h5-8,14,16,21,23,30H,4,9-13,15H2,1-3H3,(H,31,33). The second-order valence-electron chi connectivity index (χ2n) is 9.35. The Morgan fingerprint density at radius 3 is 2.79 bits per heavy atom. The van der Waals surface area contributed by atoms with Gasteiger partial charge in [0.15, 0.2) is 11.6 Å². The van der Waals surface area contributed by atoms with E-state index in [4.69, 9.17) is 4.52 Å². The van der Waals surface area contributed by atoms with E-state index in [0.717, 1.165) is 53.1 Å². The third-order valence-electron chi connectivity index (χ3n) is 7.03. The van der Waals surface area contributed by atoms with Crippen LogP contribution in [0, 0.1) is 11.8 Å². The first-order valence-corrected chi connectivity index (χ1v) is 12.2. The molecule has 1 aliphatic heterocycles. The maximum absolute atomic E-state index is 14.3. The minimum Gasteiger partial charge on any atom is -0.356 e. The Bertz CT molecular complexity index is 1110. The van der Waals surface area contributed by atoms with Crippen LogP contribution < -0.4 is 10.6 Å². The predicted octanol–water partition coefficient (Wildman–Crippen LogP) is 5.39. The van der Waals surface area contributed by atoms with Gasteiger partial charge in [-0.2, -0.15) is 0 Å². The molecule has 1 aliphatic carbocycles. The summed E-state index contributed by atoms with van der Waals surface area (Å²) in [4.78, 5) is 11.3. The van der Waals surface area contributed by atoms with E-state index in [1.54, 1.807) is 6.92 Å². The summed E-state index contributed by atoms with van der Waals surface area (Å²) in [5.74, 6) is -1.02. The fourth-order valence-corrected chi connectivity index (χ4v) is 5.32. The Labute approximate surface area is 199 Å². The van der Waals surface area contributed by atoms with Crippen molar-refractivity contribution in [1.29, 1.82) is 0 Å². The summed E-state index contributed by atoms with van der Waals surface area (Å²) in [6.45, 7) is 7.43. The minimum absolute atomic E-state index is 0.0279. The molecule has 34 heavy (non-hydrogen) atoms. The van der Waals surface area contributed by atoms with Crippen molar-refractivity contribution in [2.24, 2.45) is 11.8 Å². The van der Waals surface area contributed by atoms with Gasteiger partial charge >= 0.3 is 0 Å². The highest BCUT2D eigenvalue weighted by Crippen LogP contribution is 2.44. The van der Waals surface area contributed by atoms with Crippen LogP contribution in [-0.4, -0.2) is 30.7 Å². The van der Waals surface area contributed by atoms with E-state index < -0.39 is 17.6 Å². The van der Waals surface area contributed by atoms with Crippen molar-refractivity contribution in [2.75, 3.05) is 19.6 Å². The van der Waals surface area contributed by atoms with Crippen LogP contribution >= 0.6 is 0 Å². The molecule has 2 N–H and O–H groups in total. The summed E-state index contributed by atoms with van der Waals surface area (Å²) in [5.41, 5.74) is 4.97. The number of allylic oxidation sites excluding steroid dienone is 4. The minimum atomic E-state index is -0.740. The molecule has 0 bridgehead atoms. The number of aromatic nitrogens is 1. The quantitative estimate of drug-likeness (QED) is 0.570. The molecule has 3 atom stereocenters. The molecule has 0 saturated carbocycles. The van der Waals surface area contributed by atoms with E-state index in [0.29, 0.717) is 25.9 Å². The second kappa shape index (κ2) is 10.6. The fraction of sp³-hybridized carbons (Fsp3) is 0.481. The van der Waals surface area contributed by atoms with Crippen LogP contribution in [-0.2, 0) is 17.6 Å². The summed E-state index contributed by atoms with van der Waals surface area (Å²) in [5, 5.41) is 10.8. The van der Waals surface area contributed by atoms with Crippen molar-refractivity contribution >= 4 is 5.91 Å². The molecule has 3 unspecified atom stereocenters. The Kier molecular flexibility index (Phi) is 7.61. The molecule has 182 valence electrons. The second-order valence-corrected chi connectivity index (χ2v) is 9.35. The van der Waals surface area contributed by atoms with E-state index in [2.05, 4.69) is 22.7 Å². The van der Waals surface area contributed by atoms with Gasteiger partial charge in [0.05, 0.1) is 5.69 Å². The number of nitrogens with one attached hydrogen (secondary N) is 2. The number of nitrogens with zero attached hydrogens (tertiary/aromatic N) is 1. The number of carbonyl (C=O) groups excluding carboxylic acids is 1. The van der Waals surface area contributed by atoms with Gasteiger partial charge in [-0.1, -0.05) is 48.8 Å².